The molecule has 4 atom stereocenters. The van der Waals surface area contributed by atoms with E-state index in [1.807, 2.05) is 11.8 Å². The third kappa shape index (κ3) is 5.18. The zero-order valence-corrected chi connectivity index (χ0v) is 18.2. The molecule has 3 rings (SSSR count). The van der Waals surface area contributed by atoms with Gasteiger partial charge in [-0.05, 0) is 31.9 Å². The van der Waals surface area contributed by atoms with E-state index in [0.717, 1.165) is 58.1 Å². The van der Waals surface area contributed by atoms with Crippen molar-refractivity contribution in [3.63, 3.8) is 0 Å². The van der Waals surface area contributed by atoms with Crippen molar-refractivity contribution in [3.8, 4) is 0 Å². The molecule has 3 saturated heterocycles. The molecule has 1 amide bonds. The van der Waals surface area contributed by atoms with Gasteiger partial charge in [0.15, 0.2) is 0 Å². The molecule has 3 fully saturated rings. The number of carbonyl (C=O) groups is 1. The average Bonchev–Trinajstić information content (AvgIpc) is 3.10. The largest absolute Gasteiger partial charge is 0.379 e. The number of morpholine rings is 2. The lowest BCUT2D eigenvalue weighted by Crippen LogP contribution is -2.62. The fourth-order valence-electron chi connectivity index (χ4n) is 4.83. The van der Waals surface area contributed by atoms with Gasteiger partial charge in [0.1, 0.15) is 0 Å². The molecule has 6 nitrogen and oxygen atoms in total. The van der Waals surface area contributed by atoms with Gasteiger partial charge in [-0.3, -0.25) is 14.6 Å². The first-order valence-electron chi connectivity index (χ1n) is 10.5. The molecule has 3 heterocycles. The van der Waals surface area contributed by atoms with Crippen LogP contribution in [0.1, 0.15) is 34.1 Å². The van der Waals surface area contributed by atoms with Gasteiger partial charge >= 0.3 is 0 Å². The van der Waals surface area contributed by atoms with Crippen molar-refractivity contribution in [1.29, 1.82) is 0 Å². The first-order chi connectivity index (χ1) is 12.9. The molecule has 3 aliphatic rings. The second-order valence-corrected chi connectivity index (χ2v) is 9.85. The Morgan fingerprint density at radius 1 is 1.22 bits per heavy atom. The Morgan fingerprint density at radius 3 is 2.44 bits per heavy atom. The Balaban J connectivity index is 1.64. The van der Waals surface area contributed by atoms with Crippen LogP contribution in [-0.4, -0.2) is 96.9 Å². The first kappa shape index (κ1) is 21.4. The number of amides is 1. The SMILES string of the molecule is CC1CN(C(C(=O)NCC2(N3CCOCC3)CCSC2)C(C)C)CC(C)O1. The van der Waals surface area contributed by atoms with Crippen LogP contribution < -0.4 is 5.32 Å². The maximum Gasteiger partial charge on any atom is 0.237 e. The number of hydrogen-bond acceptors (Lipinski definition) is 6. The summed E-state index contributed by atoms with van der Waals surface area (Å²) >= 11 is 2.01. The van der Waals surface area contributed by atoms with Gasteiger partial charge in [0.2, 0.25) is 5.91 Å². The number of nitrogens with one attached hydrogen (secondary N) is 1. The Labute approximate surface area is 168 Å². The molecule has 27 heavy (non-hydrogen) atoms. The lowest BCUT2D eigenvalue weighted by atomic mass is 9.94. The van der Waals surface area contributed by atoms with Crippen LogP contribution in [0.5, 0.6) is 0 Å². The highest BCUT2D eigenvalue weighted by atomic mass is 32.2. The Morgan fingerprint density at radius 2 is 1.89 bits per heavy atom. The fourth-order valence-corrected chi connectivity index (χ4v) is 6.30. The van der Waals surface area contributed by atoms with Gasteiger partial charge in [-0.25, -0.2) is 0 Å². The molecule has 4 unspecified atom stereocenters. The maximum atomic E-state index is 13.2. The Bertz CT molecular complexity index is 483. The summed E-state index contributed by atoms with van der Waals surface area (Å²) in [6.07, 6.45) is 1.50. The summed E-state index contributed by atoms with van der Waals surface area (Å²) in [5, 5.41) is 3.35. The molecule has 0 aliphatic carbocycles. The van der Waals surface area contributed by atoms with E-state index in [1.54, 1.807) is 0 Å². The third-order valence-electron chi connectivity index (χ3n) is 6.10. The second-order valence-electron chi connectivity index (χ2n) is 8.74. The van der Waals surface area contributed by atoms with E-state index in [9.17, 15) is 4.79 Å². The number of nitrogens with zero attached hydrogens (tertiary/aromatic N) is 2. The zero-order chi connectivity index (χ0) is 19.4. The van der Waals surface area contributed by atoms with Gasteiger partial charge in [0.25, 0.3) is 0 Å². The molecule has 0 radical (unpaired) electrons. The van der Waals surface area contributed by atoms with Crippen molar-refractivity contribution in [2.24, 2.45) is 5.92 Å². The Kier molecular flexibility index (Phi) is 7.47. The number of carbonyl (C=O) groups excluding carboxylic acids is 1. The molecule has 0 aromatic rings. The summed E-state index contributed by atoms with van der Waals surface area (Å²) in [5.74, 6) is 2.74. The van der Waals surface area contributed by atoms with Gasteiger partial charge in [-0.15, -0.1) is 0 Å². The minimum atomic E-state index is -0.0883. The number of hydrogen-bond donors (Lipinski definition) is 1. The lowest BCUT2D eigenvalue weighted by Gasteiger charge is -2.44. The highest BCUT2D eigenvalue weighted by Gasteiger charge is 2.42. The third-order valence-corrected chi connectivity index (χ3v) is 7.33. The van der Waals surface area contributed by atoms with Crippen LogP contribution in [0.3, 0.4) is 0 Å². The van der Waals surface area contributed by atoms with Gasteiger partial charge in [0, 0.05) is 44.0 Å². The minimum Gasteiger partial charge on any atom is -0.379 e. The molecule has 0 saturated carbocycles. The lowest BCUT2D eigenvalue weighted by molar-refractivity contribution is -0.136. The van der Waals surface area contributed by atoms with Gasteiger partial charge in [0.05, 0.1) is 31.5 Å². The van der Waals surface area contributed by atoms with Gasteiger partial charge in [-0.1, -0.05) is 13.8 Å². The quantitative estimate of drug-likeness (QED) is 0.730. The molecular weight excluding hydrogens is 362 g/mol. The highest BCUT2D eigenvalue weighted by Crippen LogP contribution is 2.33. The first-order valence-corrected chi connectivity index (χ1v) is 11.6. The van der Waals surface area contributed by atoms with E-state index in [0.29, 0.717) is 0 Å². The van der Waals surface area contributed by atoms with Gasteiger partial charge < -0.3 is 14.8 Å². The number of rotatable bonds is 6. The average molecular weight is 400 g/mol. The highest BCUT2D eigenvalue weighted by molar-refractivity contribution is 7.99. The van der Waals surface area contributed by atoms with E-state index in [1.165, 1.54) is 5.75 Å². The topological polar surface area (TPSA) is 54.0 Å². The van der Waals surface area contributed by atoms with Crippen LogP contribution in [0.25, 0.3) is 0 Å². The summed E-state index contributed by atoms with van der Waals surface area (Å²) in [6, 6.07) is -0.0883. The van der Waals surface area contributed by atoms with Crippen molar-refractivity contribution in [1.82, 2.24) is 15.1 Å². The normalized spacial score (nSPS) is 34.7. The summed E-state index contributed by atoms with van der Waals surface area (Å²) < 4.78 is 11.4. The predicted octanol–water partition coefficient (Wildman–Crippen LogP) is 1.44. The predicted molar refractivity (Wildman–Crippen MR) is 110 cm³/mol. The van der Waals surface area contributed by atoms with E-state index in [4.69, 9.17) is 9.47 Å². The molecule has 1 N–H and O–H groups in total. The molecule has 156 valence electrons. The van der Waals surface area contributed by atoms with Crippen LogP contribution in [0, 0.1) is 5.92 Å². The van der Waals surface area contributed by atoms with E-state index in [-0.39, 0.29) is 35.6 Å². The molecule has 0 aromatic heterocycles. The standard InChI is InChI=1S/C20H37N3O3S/c1-15(2)18(22-11-16(3)26-17(4)12-22)19(24)21-13-20(5-10-27-14-20)23-6-8-25-9-7-23/h15-18H,5-14H2,1-4H3,(H,21,24). The molecule has 0 bridgehead atoms. The number of ether oxygens (including phenoxy) is 2. The summed E-state index contributed by atoms with van der Waals surface area (Å²) in [7, 11) is 0. The van der Waals surface area contributed by atoms with Crippen LogP contribution in [0.2, 0.25) is 0 Å². The van der Waals surface area contributed by atoms with Crippen molar-refractivity contribution < 1.29 is 14.3 Å². The molecule has 0 aromatic carbocycles. The van der Waals surface area contributed by atoms with Gasteiger partial charge in [-0.2, -0.15) is 11.8 Å². The van der Waals surface area contributed by atoms with Crippen LogP contribution in [0.15, 0.2) is 0 Å². The van der Waals surface area contributed by atoms with E-state index < -0.39 is 0 Å². The smallest absolute Gasteiger partial charge is 0.237 e. The van der Waals surface area contributed by atoms with Crippen molar-refractivity contribution in [3.05, 3.63) is 0 Å². The number of thioether (sulfide) groups is 1. The summed E-state index contributed by atoms with van der Waals surface area (Å²) in [5.41, 5.74) is 0.0945. The summed E-state index contributed by atoms with van der Waals surface area (Å²) in [6.45, 7) is 14.5. The van der Waals surface area contributed by atoms with E-state index >= 15 is 0 Å². The van der Waals surface area contributed by atoms with Crippen LogP contribution in [-0.2, 0) is 14.3 Å². The molecular formula is C20H37N3O3S. The molecule has 7 heteroatoms. The summed E-state index contributed by atoms with van der Waals surface area (Å²) in [4.78, 5) is 18.1. The zero-order valence-electron chi connectivity index (χ0n) is 17.4. The van der Waals surface area contributed by atoms with Crippen LogP contribution in [0.4, 0.5) is 0 Å². The van der Waals surface area contributed by atoms with Crippen molar-refractivity contribution >= 4 is 17.7 Å². The van der Waals surface area contributed by atoms with Crippen LogP contribution >= 0.6 is 11.8 Å². The van der Waals surface area contributed by atoms with Crippen molar-refractivity contribution in [2.75, 3.05) is 57.4 Å². The van der Waals surface area contributed by atoms with Crippen molar-refractivity contribution in [2.45, 2.75) is 57.9 Å². The Hall–Kier alpha value is -0.340. The molecule has 0 spiro atoms. The molecule has 3 aliphatic heterocycles. The van der Waals surface area contributed by atoms with E-state index in [2.05, 4.69) is 42.8 Å². The second kappa shape index (κ2) is 9.44. The monoisotopic (exact) mass is 399 g/mol. The fraction of sp³-hybridized carbons (Fsp3) is 0.950. The minimum absolute atomic E-state index is 0.0883. The maximum absolute atomic E-state index is 13.2.